The predicted octanol–water partition coefficient (Wildman–Crippen LogP) is 11.1. The van der Waals surface area contributed by atoms with Gasteiger partial charge in [-0.05, 0) is 98.4 Å². The maximum Gasteiger partial charge on any atom is 0.227 e. The predicted molar refractivity (Wildman–Crippen MR) is 207 cm³/mol. The van der Waals surface area contributed by atoms with E-state index in [4.69, 9.17) is 9.40 Å². The highest BCUT2D eigenvalue weighted by molar-refractivity contribution is 7.04. The number of fused-ring (bicyclic) bond motifs is 4. The Balaban J connectivity index is 1.17. The molecule has 0 bridgehead atoms. The number of para-hydroxylation sites is 2. The summed E-state index contributed by atoms with van der Waals surface area (Å²) in [5.74, 6) is 0.679. The zero-order valence-electron chi connectivity index (χ0n) is 27.5. The molecule has 49 heavy (non-hydrogen) atoms. The van der Waals surface area contributed by atoms with E-state index in [1.807, 2.05) is 24.3 Å². The minimum absolute atomic E-state index is 0.679. The first-order valence-corrected chi connectivity index (χ1v) is 19.8. The second-order valence-corrected chi connectivity index (χ2v) is 17.6. The SMILES string of the molecule is C[Si]1(C)c2cc(N(c3ccc(-c4ccccc4)cc3)c3ccc(-c4ccccc4)cc3)ccc2-c2c(-c3nc4ccccc4o3)cccc21. The largest absolute Gasteiger partial charge is 0.436 e. The van der Waals surface area contributed by atoms with Gasteiger partial charge in [-0.2, -0.15) is 0 Å². The summed E-state index contributed by atoms with van der Waals surface area (Å²) in [6.45, 7) is 4.93. The van der Waals surface area contributed by atoms with Crippen LogP contribution in [0.3, 0.4) is 0 Å². The quantitative estimate of drug-likeness (QED) is 0.168. The summed E-state index contributed by atoms with van der Waals surface area (Å²) in [6, 6.07) is 60.7. The van der Waals surface area contributed by atoms with Crippen LogP contribution in [-0.4, -0.2) is 13.1 Å². The number of hydrogen-bond acceptors (Lipinski definition) is 3. The minimum atomic E-state index is -2.07. The van der Waals surface area contributed by atoms with Gasteiger partial charge >= 0.3 is 0 Å². The summed E-state index contributed by atoms with van der Waals surface area (Å²) < 4.78 is 6.32. The zero-order valence-corrected chi connectivity index (χ0v) is 28.5. The van der Waals surface area contributed by atoms with Crippen molar-refractivity contribution in [1.29, 1.82) is 0 Å². The van der Waals surface area contributed by atoms with E-state index < -0.39 is 8.07 Å². The van der Waals surface area contributed by atoms with Gasteiger partial charge in [-0.1, -0.05) is 128 Å². The number of nitrogens with zero attached hydrogens (tertiary/aromatic N) is 2. The van der Waals surface area contributed by atoms with Crippen molar-refractivity contribution in [3.63, 3.8) is 0 Å². The number of aromatic nitrogens is 1. The summed E-state index contributed by atoms with van der Waals surface area (Å²) >= 11 is 0. The minimum Gasteiger partial charge on any atom is -0.436 e. The summed E-state index contributed by atoms with van der Waals surface area (Å²) in [5.41, 5.74) is 13.5. The summed E-state index contributed by atoms with van der Waals surface area (Å²) in [6.07, 6.45) is 0. The lowest BCUT2D eigenvalue weighted by molar-refractivity contribution is 0.620. The average Bonchev–Trinajstić information content (AvgIpc) is 3.69. The number of oxazole rings is 1. The molecule has 0 amide bonds. The van der Waals surface area contributed by atoms with Gasteiger partial charge in [0.2, 0.25) is 5.89 Å². The smallest absolute Gasteiger partial charge is 0.227 e. The molecule has 0 saturated carbocycles. The Morgan fingerprint density at radius 3 is 1.63 bits per heavy atom. The van der Waals surface area contributed by atoms with Gasteiger partial charge in [0.15, 0.2) is 5.58 Å². The van der Waals surface area contributed by atoms with Gasteiger partial charge in [0.1, 0.15) is 13.6 Å². The third kappa shape index (κ3) is 5.00. The van der Waals surface area contributed by atoms with Crippen LogP contribution >= 0.6 is 0 Å². The number of benzene rings is 7. The molecule has 8 aromatic rings. The van der Waals surface area contributed by atoms with Gasteiger partial charge in [-0.15, -0.1) is 0 Å². The molecular weight excluding hydrogens is 613 g/mol. The Bertz CT molecular complexity index is 2330. The van der Waals surface area contributed by atoms with E-state index in [0.29, 0.717) is 5.89 Å². The Morgan fingerprint density at radius 1 is 0.469 bits per heavy atom. The highest BCUT2D eigenvalue weighted by Crippen LogP contribution is 2.41. The number of rotatable bonds is 6. The van der Waals surface area contributed by atoms with Crippen LogP contribution in [0.1, 0.15) is 0 Å². The third-order valence-corrected chi connectivity index (χ3v) is 13.5. The molecular formula is C45H34N2OSi. The van der Waals surface area contributed by atoms with Crippen molar-refractivity contribution in [1.82, 2.24) is 4.98 Å². The molecule has 3 nitrogen and oxygen atoms in total. The molecule has 1 aromatic heterocycles. The Hall–Kier alpha value is -5.97. The topological polar surface area (TPSA) is 29.3 Å². The van der Waals surface area contributed by atoms with E-state index in [2.05, 4.69) is 164 Å². The van der Waals surface area contributed by atoms with Crippen LogP contribution in [0.25, 0.3) is 55.9 Å². The van der Waals surface area contributed by atoms with Crippen LogP contribution in [-0.2, 0) is 0 Å². The Kier molecular flexibility index (Phi) is 6.92. The maximum absolute atomic E-state index is 6.32. The maximum atomic E-state index is 6.32. The lowest BCUT2D eigenvalue weighted by Gasteiger charge is -2.28. The molecule has 0 saturated heterocycles. The fraction of sp³-hybridized carbons (Fsp3) is 0.0444. The fourth-order valence-electron chi connectivity index (χ4n) is 7.39. The van der Waals surface area contributed by atoms with Crippen molar-refractivity contribution < 1.29 is 4.42 Å². The van der Waals surface area contributed by atoms with Gasteiger partial charge in [-0.25, -0.2) is 4.98 Å². The molecule has 0 unspecified atom stereocenters. The van der Waals surface area contributed by atoms with E-state index in [0.717, 1.165) is 33.7 Å². The Labute approximate surface area is 287 Å². The van der Waals surface area contributed by atoms with Crippen molar-refractivity contribution in [2.75, 3.05) is 4.90 Å². The van der Waals surface area contributed by atoms with Crippen LogP contribution in [0, 0.1) is 0 Å². The lowest BCUT2D eigenvalue weighted by atomic mass is 9.99. The molecule has 9 rings (SSSR count). The molecule has 0 spiro atoms. The monoisotopic (exact) mass is 646 g/mol. The van der Waals surface area contributed by atoms with Crippen molar-refractivity contribution in [2.24, 2.45) is 0 Å². The van der Waals surface area contributed by atoms with Gasteiger partial charge in [0.05, 0.1) is 0 Å². The molecule has 1 aliphatic rings. The van der Waals surface area contributed by atoms with Crippen molar-refractivity contribution in [2.45, 2.75) is 13.1 Å². The molecule has 234 valence electrons. The first-order chi connectivity index (χ1) is 24.0. The van der Waals surface area contributed by atoms with E-state index in [1.165, 1.54) is 43.8 Å². The normalized spacial score (nSPS) is 12.9. The summed E-state index contributed by atoms with van der Waals surface area (Å²) in [4.78, 5) is 7.29. The summed E-state index contributed by atoms with van der Waals surface area (Å²) in [5, 5.41) is 2.85. The van der Waals surface area contributed by atoms with Gasteiger partial charge in [-0.3, -0.25) is 0 Å². The molecule has 0 N–H and O–H groups in total. The van der Waals surface area contributed by atoms with E-state index in [1.54, 1.807) is 0 Å². The standard InChI is InChI=1S/C45H34N2OSi/c1-49(2)42-19-11-16-39(45-46-40-17-9-10-18-41(40)48-45)44(42)38-29-28-37(30-43(38)49)47(35-24-20-33(21-25-35)31-12-5-3-6-13-31)36-26-22-34(23-27-36)32-14-7-4-8-15-32/h3-30H,1-2H3. The van der Waals surface area contributed by atoms with E-state index in [-0.39, 0.29) is 0 Å². The third-order valence-electron chi connectivity index (χ3n) is 9.93. The van der Waals surface area contributed by atoms with Crippen LogP contribution in [0.2, 0.25) is 13.1 Å². The van der Waals surface area contributed by atoms with Gasteiger partial charge < -0.3 is 9.32 Å². The van der Waals surface area contributed by atoms with Gasteiger partial charge in [0, 0.05) is 22.6 Å². The summed E-state index contributed by atoms with van der Waals surface area (Å²) in [7, 11) is -2.07. The molecule has 0 aliphatic carbocycles. The molecule has 4 heteroatoms. The van der Waals surface area contributed by atoms with E-state index in [9.17, 15) is 0 Å². The second kappa shape index (κ2) is 11.6. The van der Waals surface area contributed by atoms with E-state index >= 15 is 0 Å². The number of hydrogen-bond donors (Lipinski definition) is 0. The Morgan fingerprint density at radius 2 is 1.02 bits per heavy atom. The first kappa shape index (κ1) is 29.2. The highest BCUT2D eigenvalue weighted by Gasteiger charge is 2.40. The van der Waals surface area contributed by atoms with Crippen molar-refractivity contribution >= 4 is 46.6 Å². The molecule has 0 radical (unpaired) electrons. The lowest BCUT2D eigenvalue weighted by Crippen LogP contribution is -2.49. The molecule has 2 heterocycles. The van der Waals surface area contributed by atoms with Crippen LogP contribution in [0.4, 0.5) is 17.1 Å². The molecule has 7 aromatic carbocycles. The molecule has 0 atom stereocenters. The molecule has 0 fully saturated rings. The number of anilines is 3. The van der Waals surface area contributed by atoms with Crippen LogP contribution in [0.5, 0.6) is 0 Å². The van der Waals surface area contributed by atoms with Crippen molar-refractivity contribution in [3.05, 3.63) is 170 Å². The van der Waals surface area contributed by atoms with Crippen molar-refractivity contribution in [3.8, 4) is 44.8 Å². The average molecular weight is 647 g/mol. The fourth-order valence-corrected chi connectivity index (χ4v) is 10.5. The highest BCUT2D eigenvalue weighted by atomic mass is 28.3. The van der Waals surface area contributed by atoms with Crippen LogP contribution in [0.15, 0.2) is 174 Å². The first-order valence-electron chi connectivity index (χ1n) is 16.8. The van der Waals surface area contributed by atoms with Crippen LogP contribution < -0.4 is 15.3 Å². The molecule has 1 aliphatic heterocycles. The zero-order chi connectivity index (χ0) is 33.0. The van der Waals surface area contributed by atoms with Gasteiger partial charge in [0.25, 0.3) is 0 Å². The second-order valence-electron chi connectivity index (χ2n) is 13.2.